The molecule has 2 aromatic carbocycles. The second-order valence-electron chi connectivity index (χ2n) is 6.93. The van der Waals surface area contributed by atoms with Gasteiger partial charge in [0.2, 0.25) is 0 Å². The molecule has 1 amide bonds. The van der Waals surface area contributed by atoms with E-state index in [9.17, 15) is 9.59 Å². The Bertz CT molecular complexity index is 939. The number of benzene rings is 2. The monoisotopic (exact) mass is 390 g/mol. The van der Waals surface area contributed by atoms with E-state index in [0.29, 0.717) is 5.56 Å². The number of nitrogens with zero attached hydrogens (tertiary/aromatic N) is 1. The van der Waals surface area contributed by atoms with Crippen LogP contribution in [-0.2, 0) is 16.1 Å². The summed E-state index contributed by atoms with van der Waals surface area (Å²) < 4.78 is 7.33. The van der Waals surface area contributed by atoms with Crippen LogP contribution in [0.4, 0.5) is 0 Å². The second-order valence-corrected chi connectivity index (χ2v) is 6.93. The van der Waals surface area contributed by atoms with E-state index in [1.165, 1.54) is 0 Å². The Labute approximate surface area is 171 Å². The number of aryl methyl sites for hydroxylation is 1. The summed E-state index contributed by atoms with van der Waals surface area (Å²) in [6.45, 7) is 6.31. The van der Waals surface area contributed by atoms with Gasteiger partial charge in [-0.1, -0.05) is 60.7 Å². The topological polar surface area (TPSA) is 60.3 Å². The molecular formula is C24H26N2O3. The Morgan fingerprint density at radius 1 is 0.966 bits per heavy atom. The number of hydrogen-bond donors (Lipinski definition) is 1. The first kappa shape index (κ1) is 20.4. The van der Waals surface area contributed by atoms with Gasteiger partial charge in [0.25, 0.3) is 5.91 Å². The third kappa shape index (κ3) is 4.74. The normalized spacial score (nSPS) is 10.8. The summed E-state index contributed by atoms with van der Waals surface area (Å²) in [7, 11) is 0. The van der Waals surface area contributed by atoms with Crippen molar-refractivity contribution in [2.24, 2.45) is 0 Å². The third-order valence-electron chi connectivity index (χ3n) is 5.02. The van der Waals surface area contributed by atoms with Crippen LogP contribution in [-0.4, -0.2) is 23.1 Å². The van der Waals surface area contributed by atoms with Crippen LogP contribution < -0.4 is 5.32 Å². The molecule has 1 aromatic heterocycles. The fourth-order valence-corrected chi connectivity index (χ4v) is 3.56. The van der Waals surface area contributed by atoms with Crippen molar-refractivity contribution in [3.8, 4) is 0 Å². The van der Waals surface area contributed by atoms with Gasteiger partial charge >= 0.3 is 5.97 Å². The van der Waals surface area contributed by atoms with Crippen LogP contribution in [0.25, 0.3) is 0 Å². The fraction of sp³-hybridized carbons (Fsp3) is 0.250. The summed E-state index contributed by atoms with van der Waals surface area (Å²) in [6, 6.07) is 20.9. The standard InChI is InChI=1S/C24H26N2O3/c1-4-26-17(2)15-21(18(26)3)24(28)29-16-22(27)25-23(19-11-7-5-8-12-19)20-13-9-6-10-14-20/h5-15,23H,4,16H2,1-3H3,(H,25,27). The largest absolute Gasteiger partial charge is 0.452 e. The zero-order valence-electron chi connectivity index (χ0n) is 17.0. The van der Waals surface area contributed by atoms with Crippen molar-refractivity contribution in [1.29, 1.82) is 0 Å². The van der Waals surface area contributed by atoms with E-state index < -0.39 is 5.97 Å². The van der Waals surface area contributed by atoms with Crippen LogP contribution in [0.15, 0.2) is 66.7 Å². The molecule has 0 saturated heterocycles. The summed E-state index contributed by atoms with van der Waals surface area (Å²) >= 11 is 0. The number of ether oxygens (including phenoxy) is 1. The van der Waals surface area contributed by atoms with Crippen LogP contribution >= 0.6 is 0 Å². The molecule has 0 radical (unpaired) electrons. The maximum atomic E-state index is 12.6. The average Bonchev–Trinajstić information content (AvgIpc) is 3.04. The number of rotatable bonds is 7. The summed E-state index contributed by atoms with van der Waals surface area (Å²) in [5.74, 6) is -0.829. The lowest BCUT2D eigenvalue weighted by Crippen LogP contribution is -2.33. The number of carbonyl (C=O) groups is 2. The summed E-state index contributed by atoms with van der Waals surface area (Å²) in [5.41, 5.74) is 4.27. The van der Waals surface area contributed by atoms with Crippen LogP contribution in [0.3, 0.4) is 0 Å². The van der Waals surface area contributed by atoms with Gasteiger partial charge < -0.3 is 14.6 Å². The first-order chi connectivity index (χ1) is 14.0. The van der Waals surface area contributed by atoms with E-state index in [2.05, 4.69) is 5.32 Å². The van der Waals surface area contributed by atoms with E-state index >= 15 is 0 Å². The van der Waals surface area contributed by atoms with Gasteiger partial charge in [-0.3, -0.25) is 4.79 Å². The first-order valence-electron chi connectivity index (χ1n) is 9.74. The highest BCUT2D eigenvalue weighted by Crippen LogP contribution is 2.22. The summed E-state index contributed by atoms with van der Waals surface area (Å²) in [5, 5.41) is 2.98. The molecule has 1 heterocycles. The molecule has 0 saturated carbocycles. The van der Waals surface area contributed by atoms with Crippen molar-refractivity contribution < 1.29 is 14.3 Å². The molecule has 3 aromatic rings. The minimum Gasteiger partial charge on any atom is -0.452 e. The molecule has 0 unspecified atom stereocenters. The first-order valence-corrected chi connectivity index (χ1v) is 9.74. The Hall–Kier alpha value is -3.34. The molecule has 29 heavy (non-hydrogen) atoms. The lowest BCUT2D eigenvalue weighted by atomic mass is 9.99. The van der Waals surface area contributed by atoms with Crippen molar-refractivity contribution in [1.82, 2.24) is 9.88 Å². The molecule has 0 atom stereocenters. The highest BCUT2D eigenvalue weighted by molar-refractivity contribution is 5.92. The zero-order chi connectivity index (χ0) is 20.8. The number of amides is 1. The molecule has 0 fully saturated rings. The minimum atomic E-state index is -0.482. The minimum absolute atomic E-state index is 0.311. The predicted molar refractivity (Wildman–Crippen MR) is 113 cm³/mol. The summed E-state index contributed by atoms with van der Waals surface area (Å²) in [6.07, 6.45) is 0. The van der Waals surface area contributed by atoms with Gasteiger partial charge in [0.15, 0.2) is 6.61 Å². The lowest BCUT2D eigenvalue weighted by molar-refractivity contribution is -0.124. The maximum absolute atomic E-state index is 12.6. The molecular weight excluding hydrogens is 364 g/mol. The van der Waals surface area contributed by atoms with Crippen LogP contribution in [0.2, 0.25) is 0 Å². The van der Waals surface area contributed by atoms with E-state index in [0.717, 1.165) is 29.1 Å². The molecule has 0 spiro atoms. The van der Waals surface area contributed by atoms with Gasteiger partial charge in [-0.2, -0.15) is 0 Å². The molecule has 150 valence electrons. The Morgan fingerprint density at radius 3 is 2.00 bits per heavy atom. The van der Waals surface area contributed by atoms with E-state index in [1.54, 1.807) is 6.07 Å². The zero-order valence-corrected chi connectivity index (χ0v) is 17.0. The molecule has 3 rings (SSSR count). The van der Waals surface area contributed by atoms with Gasteiger partial charge in [-0.15, -0.1) is 0 Å². The number of aromatic nitrogens is 1. The second kappa shape index (κ2) is 9.24. The van der Waals surface area contributed by atoms with Gasteiger partial charge in [-0.05, 0) is 38.0 Å². The Kier molecular flexibility index (Phi) is 6.50. The van der Waals surface area contributed by atoms with Crippen LogP contribution in [0, 0.1) is 13.8 Å². The van der Waals surface area contributed by atoms with Gasteiger partial charge in [-0.25, -0.2) is 4.79 Å². The van der Waals surface area contributed by atoms with Crippen molar-refractivity contribution in [3.05, 3.63) is 94.8 Å². The Balaban J connectivity index is 1.69. The van der Waals surface area contributed by atoms with E-state index in [-0.39, 0.29) is 18.6 Å². The quantitative estimate of drug-likeness (QED) is 0.616. The van der Waals surface area contributed by atoms with Gasteiger partial charge in [0.05, 0.1) is 11.6 Å². The molecule has 0 bridgehead atoms. The molecule has 5 nitrogen and oxygen atoms in total. The number of carbonyl (C=O) groups excluding carboxylic acids is 2. The van der Waals surface area contributed by atoms with Crippen molar-refractivity contribution in [2.45, 2.75) is 33.4 Å². The van der Waals surface area contributed by atoms with Crippen molar-refractivity contribution in [2.75, 3.05) is 6.61 Å². The molecule has 0 aliphatic heterocycles. The summed E-state index contributed by atoms with van der Waals surface area (Å²) in [4.78, 5) is 25.0. The highest BCUT2D eigenvalue weighted by atomic mass is 16.5. The smallest absolute Gasteiger partial charge is 0.340 e. The number of nitrogens with one attached hydrogen (secondary N) is 1. The number of hydrogen-bond acceptors (Lipinski definition) is 3. The van der Waals surface area contributed by atoms with E-state index in [1.807, 2.05) is 86.0 Å². The third-order valence-corrected chi connectivity index (χ3v) is 5.02. The van der Waals surface area contributed by atoms with Crippen LogP contribution in [0.1, 0.15) is 45.8 Å². The Morgan fingerprint density at radius 2 is 1.52 bits per heavy atom. The predicted octanol–water partition coefficient (Wildman–Crippen LogP) is 4.19. The SMILES string of the molecule is CCn1c(C)cc(C(=O)OCC(=O)NC(c2ccccc2)c2ccccc2)c1C. The van der Waals surface area contributed by atoms with Gasteiger partial charge in [0, 0.05) is 17.9 Å². The van der Waals surface area contributed by atoms with E-state index in [4.69, 9.17) is 4.74 Å². The van der Waals surface area contributed by atoms with Crippen molar-refractivity contribution in [3.63, 3.8) is 0 Å². The molecule has 1 N–H and O–H groups in total. The lowest BCUT2D eigenvalue weighted by Gasteiger charge is -2.20. The highest BCUT2D eigenvalue weighted by Gasteiger charge is 2.20. The molecule has 0 aliphatic rings. The molecule has 5 heteroatoms. The van der Waals surface area contributed by atoms with Crippen molar-refractivity contribution >= 4 is 11.9 Å². The average molecular weight is 390 g/mol. The van der Waals surface area contributed by atoms with Crippen LogP contribution in [0.5, 0.6) is 0 Å². The number of esters is 1. The fourth-order valence-electron chi connectivity index (χ4n) is 3.56. The maximum Gasteiger partial charge on any atom is 0.340 e. The molecule has 0 aliphatic carbocycles. The van der Waals surface area contributed by atoms with Gasteiger partial charge in [0.1, 0.15) is 0 Å².